The topological polar surface area (TPSA) is 12.0 Å². The van der Waals surface area contributed by atoms with Crippen LogP contribution in [-0.4, -0.2) is 0 Å². The van der Waals surface area contributed by atoms with Crippen molar-refractivity contribution < 1.29 is 4.39 Å². The molecule has 0 aliphatic carbocycles. The molecular weight excluding hydrogens is 249 g/mol. The number of rotatable bonds is 3. The van der Waals surface area contributed by atoms with Crippen LogP contribution in [0.2, 0.25) is 5.02 Å². The van der Waals surface area contributed by atoms with Crippen molar-refractivity contribution >= 4 is 17.3 Å². The van der Waals surface area contributed by atoms with Crippen LogP contribution in [0.4, 0.5) is 10.1 Å². The standard InChI is InChI=1S/C15H15ClFN/c1-10-3-8-15(14(17)9-10)18-11(2)12-4-6-13(16)7-5-12/h3-9,11,18H,1-2H3. The first-order valence-corrected chi connectivity index (χ1v) is 6.22. The molecule has 0 aliphatic rings. The third-order valence-corrected chi connectivity index (χ3v) is 3.12. The quantitative estimate of drug-likeness (QED) is 0.825. The summed E-state index contributed by atoms with van der Waals surface area (Å²) in [5.41, 5.74) is 2.50. The number of halogens is 2. The number of hydrogen-bond acceptors (Lipinski definition) is 1. The highest BCUT2D eigenvalue weighted by Crippen LogP contribution is 2.23. The van der Waals surface area contributed by atoms with Gasteiger partial charge in [-0.3, -0.25) is 0 Å². The second-order valence-electron chi connectivity index (χ2n) is 4.40. The Balaban J connectivity index is 2.15. The molecule has 2 aromatic carbocycles. The number of benzene rings is 2. The molecule has 18 heavy (non-hydrogen) atoms. The minimum Gasteiger partial charge on any atom is -0.376 e. The van der Waals surface area contributed by atoms with Crippen molar-refractivity contribution in [2.24, 2.45) is 0 Å². The van der Waals surface area contributed by atoms with Gasteiger partial charge in [-0.05, 0) is 49.2 Å². The van der Waals surface area contributed by atoms with E-state index in [0.29, 0.717) is 10.7 Å². The zero-order chi connectivity index (χ0) is 13.1. The molecule has 0 bridgehead atoms. The van der Waals surface area contributed by atoms with Gasteiger partial charge in [-0.1, -0.05) is 29.8 Å². The largest absolute Gasteiger partial charge is 0.376 e. The van der Waals surface area contributed by atoms with Crippen molar-refractivity contribution in [2.75, 3.05) is 5.32 Å². The highest BCUT2D eigenvalue weighted by molar-refractivity contribution is 6.30. The lowest BCUT2D eigenvalue weighted by molar-refractivity contribution is 0.626. The van der Waals surface area contributed by atoms with E-state index in [1.165, 1.54) is 6.07 Å². The zero-order valence-corrected chi connectivity index (χ0v) is 11.1. The van der Waals surface area contributed by atoms with Gasteiger partial charge in [-0.15, -0.1) is 0 Å². The normalized spacial score (nSPS) is 12.2. The summed E-state index contributed by atoms with van der Waals surface area (Å²) in [6, 6.07) is 12.7. The average molecular weight is 264 g/mol. The molecule has 0 aromatic heterocycles. The Hall–Kier alpha value is -1.54. The minimum atomic E-state index is -0.226. The smallest absolute Gasteiger partial charge is 0.146 e. The molecule has 0 radical (unpaired) electrons. The second-order valence-corrected chi connectivity index (χ2v) is 4.84. The van der Waals surface area contributed by atoms with Crippen LogP contribution in [0.15, 0.2) is 42.5 Å². The molecule has 0 saturated heterocycles. The SMILES string of the molecule is Cc1ccc(NC(C)c2ccc(Cl)cc2)c(F)c1. The fraction of sp³-hybridized carbons (Fsp3) is 0.200. The first-order valence-electron chi connectivity index (χ1n) is 5.84. The van der Waals surface area contributed by atoms with Gasteiger partial charge in [-0.2, -0.15) is 0 Å². The van der Waals surface area contributed by atoms with Crippen molar-refractivity contribution in [3.05, 3.63) is 64.4 Å². The summed E-state index contributed by atoms with van der Waals surface area (Å²) in [7, 11) is 0. The fourth-order valence-electron chi connectivity index (χ4n) is 1.81. The van der Waals surface area contributed by atoms with E-state index in [-0.39, 0.29) is 11.9 Å². The summed E-state index contributed by atoms with van der Waals surface area (Å²) < 4.78 is 13.7. The van der Waals surface area contributed by atoms with Gasteiger partial charge in [0.1, 0.15) is 5.82 Å². The molecule has 0 amide bonds. The van der Waals surface area contributed by atoms with Crippen LogP contribution >= 0.6 is 11.6 Å². The van der Waals surface area contributed by atoms with Crippen LogP contribution < -0.4 is 5.32 Å². The molecule has 0 saturated carbocycles. The Morgan fingerprint density at radius 1 is 1.11 bits per heavy atom. The van der Waals surface area contributed by atoms with Gasteiger partial charge in [0.05, 0.1) is 5.69 Å². The van der Waals surface area contributed by atoms with Crippen LogP contribution in [-0.2, 0) is 0 Å². The van der Waals surface area contributed by atoms with Crippen LogP contribution in [0.1, 0.15) is 24.1 Å². The maximum atomic E-state index is 13.7. The lowest BCUT2D eigenvalue weighted by Gasteiger charge is -2.16. The molecular formula is C15H15ClFN. The summed E-state index contributed by atoms with van der Waals surface area (Å²) in [5.74, 6) is -0.226. The number of anilines is 1. The molecule has 2 rings (SSSR count). The molecule has 1 unspecified atom stereocenters. The highest BCUT2D eigenvalue weighted by Gasteiger charge is 2.08. The van der Waals surface area contributed by atoms with Gasteiger partial charge in [0.15, 0.2) is 0 Å². The maximum absolute atomic E-state index is 13.7. The second kappa shape index (κ2) is 5.40. The summed E-state index contributed by atoms with van der Waals surface area (Å²) in [5, 5.41) is 3.86. The van der Waals surface area contributed by atoms with Crippen LogP contribution in [0.25, 0.3) is 0 Å². The first kappa shape index (κ1) is 12.9. The number of aryl methyl sites for hydroxylation is 1. The van der Waals surface area contributed by atoms with Crippen molar-refractivity contribution in [3.63, 3.8) is 0 Å². The van der Waals surface area contributed by atoms with Crippen LogP contribution in [0.5, 0.6) is 0 Å². The lowest BCUT2D eigenvalue weighted by Crippen LogP contribution is -2.07. The van der Waals surface area contributed by atoms with Gasteiger partial charge < -0.3 is 5.32 Å². The molecule has 1 N–H and O–H groups in total. The molecule has 0 heterocycles. The van der Waals surface area contributed by atoms with E-state index >= 15 is 0 Å². The van der Waals surface area contributed by atoms with E-state index in [9.17, 15) is 4.39 Å². The van der Waals surface area contributed by atoms with Gasteiger partial charge in [0.2, 0.25) is 0 Å². The third-order valence-electron chi connectivity index (χ3n) is 2.87. The van der Waals surface area contributed by atoms with Crippen LogP contribution in [0.3, 0.4) is 0 Å². The third kappa shape index (κ3) is 3.02. The fourth-order valence-corrected chi connectivity index (χ4v) is 1.93. The summed E-state index contributed by atoms with van der Waals surface area (Å²) in [4.78, 5) is 0. The molecule has 1 atom stereocenters. The van der Waals surface area contributed by atoms with E-state index in [1.54, 1.807) is 6.07 Å². The monoisotopic (exact) mass is 263 g/mol. The van der Waals surface area contributed by atoms with Crippen molar-refractivity contribution in [2.45, 2.75) is 19.9 Å². The predicted molar refractivity (Wildman–Crippen MR) is 74.6 cm³/mol. The molecule has 0 spiro atoms. The number of hydrogen-bond donors (Lipinski definition) is 1. The van der Waals surface area contributed by atoms with Crippen molar-refractivity contribution in [1.82, 2.24) is 0 Å². The Labute approximate surface area is 112 Å². The molecule has 0 fully saturated rings. The van der Waals surface area contributed by atoms with E-state index in [2.05, 4.69) is 5.32 Å². The van der Waals surface area contributed by atoms with Crippen molar-refractivity contribution in [3.8, 4) is 0 Å². The van der Waals surface area contributed by atoms with Gasteiger partial charge in [0.25, 0.3) is 0 Å². The van der Waals surface area contributed by atoms with Gasteiger partial charge in [-0.25, -0.2) is 4.39 Å². The first-order chi connectivity index (χ1) is 8.56. The van der Waals surface area contributed by atoms with Crippen molar-refractivity contribution in [1.29, 1.82) is 0 Å². The van der Waals surface area contributed by atoms with E-state index in [1.807, 2.05) is 44.2 Å². The Kier molecular flexibility index (Phi) is 3.87. The number of nitrogens with one attached hydrogen (secondary N) is 1. The predicted octanol–water partition coefficient (Wildman–Crippen LogP) is 4.96. The lowest BCUT2D eigenvalue weighted by atomic mass is 10.1. The average Bonchev–Trinajstić information content (AvgIpc) is 2.33. The van der Waals surface area contributed by atoms with E-state index < -0.39 is 0 Å². The van der Waals surface area contributed by atoms with E-state index in [4.69, 9.17) is 11.6 Å². The molecule has 0 aliphatic heterocycles. The maximum Gasteiger partial charge on any atom is 0.146 e. The van der Waals surface area contributed by atoms with E-state index in [0.717, 1.165) is 11.1 Å². The molecule has 2 aromatic rings. The molecule has 94 valence electrons. The summed E-state index contributed by atoms with van der Waals surface area (Å²) in [6.07, 6.45) is 0. The Bertz CT molecular complexity index is 537. The summed E-state index contributed by atoms with van der Waals surface area (Å²) in [6.45, 7) is 3.86. The molecule has 1 nitrogen and oxygen atoms in total. The highest BCUT2D eigenvalue weighted by atomic mass is 35.5. The Morgan fingerprint density at radius 3 is 2.39 bits per heavy atom. The van der Waals surface area contributed by atoms with Crippen LogP contribution in [0, 0.1) is 12.7 Å². The molecule has 3 heteroatoms. The zero-order valence-electron chi connectivity index (χ0n) is 10.4. The van der Waals surface area contributed by atoms with Gasteiger partial charge in [0, 0.05) is 11.1 Å². The summed E-state index contributed by atoms with van der Waals surface area (Å²) >= 11 is 5.84. The minimum absolute atomic E-state index is 0.0273. The Morgan fingerprint density at radius 2 is 1.78 bits per heavy atom. The van der Waals surface area contributed by atoms with Gasteiger partial charge >= 0.3 is 0 Å².